The largest absolute Gasteiger partial charge is 0.496 e. The molecular formula is C19H19N3O4S2. The number of anilines is 2. The fourth-order valence-electron chi connectivity index (χ4n) is 2.49. The van der Waals surface area contributed by atoms with Crippen molar-refractivity contribution in [1.82, 2.24) is 4.98 Å². The Bertz CT molecular complexity index is 1090. The summed E-state index contributed by atoms with van der Waals surface area (Å²) in [5, 5.41) is 5.06. The molecule has 0 atom stereocenters. The summed E-state index contributed by atoms with van der Waals surface area (Å²) in [5.74, 6) is 0.186. The Morgan fingerprint density at radius 2 is 1.82 bits per heavy atom. The number of carbonyl (C=O) groups is 1. The normalized spacial score (nSPS) is 11.1. The van der Waals surface area contributed by atoms with Gasteiger partial charge < -0.3 is 4.74 Å². The van der Waals surface area contributed by atoms with Crippen LogP contribution in [0.1, 0.15) is 10.4 Å². The number of aromatic nitrogens is 1. The van der Waals surface area contributed by atoms with Gasteiger partial charge in [0.05, 0.1) is 30.3 Å². The van der Waals surface area contributed by atoms with Gasteiger partial charge >= 0.3 is 0 Å². The molecule has 0 saturated heterocycles. The first-order valence-corrected chi connectivity index (χ1v) is 11.0. The first kappa shape index (κ1) is 19.8. The molecule has 0 aliphatic heterocycles. The zero-order chi connectivity index (χ0) is 20.3. The van der Waals surface area contributed by atoms with Crippen LogP contribution in [0.5, 0.6) is 5.75 Å². The van der Waals surface area contributed by atoms with E-state index in [1.165, 1.54) is 29.8 Å². The predicted octanol–water partition coefficient (Wildman–Crippen LogP) is 3.47. The van der Waals surface area contributed by atoms with Crippen LogP contribution in [0.15, 0.2) is 53.9 Å². The highest BCUT2D eigenvalue weighted by molar-refractivity contribution is 7.92. The molecule has 0 unspecified atom stereocenters. The van der Waals surface area contributed by atoms with Crippen LogP contribution >= 0.6 is 11.3 Å². The number of nitrogens with one attached hydrogen (secondary N) is 1. The average Bonchev–Trinajstić information content (AvgIpc) is 3.15. The third-order valence-corrected chi connectivity index (χ3v) is 6.06. The third-order valence-electron chi connectivity index (χ3n) is 4.10. The van der Waals surface area contributed by atoms with Crippen molar-refractivity contribution in [3.05, 3.63) is 59.5 Å². The summed E-state index contributed by atoms with van der Waals surface area (Å²) in [6, 6.07) is 14.0. The van der Waals surface area contributed by atoms with Crippen molar-refractivity contribution in [3.8, 4) is 17.0 Å². The van der Waals surface area contributed by atoms with E-state index in [0.29, 0.717) is 27.8 Å². The van der Waals surface area contributed by atoms with E-state index in [-0.39, 0.29) is 5.91 Å². The standard InChI is InChI=1S/C19H19N3O4S2/c1-22(28(3,24)25)14-10-8-13(9-11-14)16-12-27-19(20-16)21-18(23)15-6-4-5-7-17(15)26-2/h4-12H,1-3H3,(H,20,21,23). The molecule has 0 saturated carbocycles. The molecule has 0 aliphatic carbocycles. The summed E-state index contributed by atoms with van der Waals surface area (Å²) in [6.45, 7) is 0. The molecule has 1 aromatic heterocycles. The molecule has 1 N–H and O–H groups in total. The zero-order valence-electron chi connectivity index (χ0n) is 15.5. The second-order valence-electron chi connectivity index (χ2n) is 5.97. The van der Waals surface area contributed by atoms with Gasteiger partial charge in [-0.25, -0.2) is 13.4 Å². The molecule has 3 rings (SSSR count). The smallest absolute Gasteiger partial charge is 0.261 e. The summed E-state index contributed by atoms with van der Waals surface area (Å²) in [6.07, 6.45) is 1.15. The topological polar surface area (TPSA) is 88.6 Å². The summed E-state index contributed by atoms with van der Waals surface area (Å²) in [7, 11) is -0.302. The Morgan fingerprint density at radius 3 is 2.46 bits per heavy atom. The van der Waals surface area contributed by atoms with Gasteiger partial charge in [0.25, 0.3) is 5.91 Å². The van der Waals surface area contributed by atoms with Gasteiger partial charge in [0.15, 0.2) is 5.13 Å². The molecule has 7 nitrogen and oxygen atoms in total. The maximum Gasteiger partial charge on any atom is 0.261 e. The van der Waals surface area contributed by atoms with E-state index < -0.39 is 10.0 Å². The van der Waals surface area contributed by atoms with Gasteiger partial charge in [-0.3, -0.25) is 14.4 Å². The van der Waals surface area contributed by atoms with Gasteiger partial charge in [-0.1, -0.05) is 24.3 Å². The zero-order valence-corrected chi connectivity index (χ0v) is 17.2. The maximum atomic E-state index is 12.5. The lowest BCUT2D eigenvalue weighted by Crippen LogP contribution is -2.24. The van der Waals surface area contributed by atoms with E-state index in [1.54, 1.807) is 48.5 Å². The lowest BCUT2D eigenvalue weighted by Gasteiger charge is -2.16. The monoisotopic (exact) mass is 417 g/mol. The molecule has 1 heterocycles. The van der Waals surface area contributed by atoms with E-state index in [4.69, 9.17) is 4.74 Å². The minimum atomic E-state index is -3.31. The number of benzene rings is 2. The van der Waals surface area contributed by atoms with Gasteiger partial charge in [-0.15, -0.1) is 11.3 Å². The molecule has 0 spiro atoms. The molecule has 146 valence electrons. The molecule has 0 bridgehead atoms. The molecule has 9 heteroatoms. The van der Waals surface area contributed by atoms with E-state index >= 15 is 0 Å². The number of ether oxygens (including phenoxy) is 1. The number of para-hydroxylation sites is 1. The lowest BCUT2D eigenvalue weighted by atomic mass is 10.1. The molecule has 3 aromatic rings. The first-order chi connectivity index (χ1) is 13.3. The number of methoxy groups -OCH3 is 1. The quantitative estimate of drug-likeness (QED) is 0.663. The highest BCUT2D eigenvalue weighted by Crippen LogP contribution is 2.28. The average molecular weight is 418 g/mol. The van der Waals surface area contributed by atoms with Crippen LogP contribution in [-0.2, 0) is 10.0 Å². The summed E-state index contributed by atoms with van der Waals surface area (Å²) < 4.78 is 29.7. The molecule has 0 aliphatic rings. The van der Waals surface area contributed by atoms with Crippen LogP contribution < -0.4 is 14.4 Å². The fraction of sp³-hybridized carbons (Fsp3) is 0.158. The van der Waals surface area contributed by atoms with Crippen LogP contribution in [-0.4, -0.2) is 39.7 Å². The van der Waals surface area contributed by atoms with E-state index in [0.717, 1.165) is 11.8 Å². The lowest BCUT2D eigenvalue weighted by molar-refractivity contribution is 0.102. The van der Waals surface area contributed by atoms with Crippen molar-refractivity contribution in [1.29, 1.82) is 0 Å². The SMILES string of the molecule is COc1ccccc1C(=O)Nc1nc(-c2ccc(N(C)S(C)(=O)=O)cc2)cs1. The van der Waals surface area contributed by atoms with Crippen molar-refractivity contribution >= 4 is 38.1 Å². The Kier molecular flexibility index (Phi) is 5.66. The minimum absolute atomic E-state index is 0.302. The minimum Gasteiger partial charge on any atom is -0.496 e. The van der Waals surface area contributed by atoms with Gasteiger partial charge in [0.1, 0.15) is 5.75 Å². The van der Waals surface area contributed by atoms with Crippen LogP contribution in [0.3, 0.4) is 0 Å². The summed E-state index contributed by atoms with van der Waals surface area (Å²) in [5.41, 5.74) is 2.50. The van der Waals surface area contributed by atoms with Gasteiger partial charge in [-0.2, -0.15) is 0 Å². The van der Waals surface area contributed by atoms with Gasteiger partial charge in [0.2, 0.25) is 10.0 Å². The van der Waals surface area contributed by atoms with E-state index in [9.17, 15) is 13.2 Å². The van der Waals surface area contributed by atoms with E-state index in [1.807, 2.05) is 5.38 Å². The van der Waals surface area contributed by atoms with Crippen molar-refractivity contribution in [2.75, 3.05) is 30.0 Å². The number of thiazole rings is 1. The molecule has 2 aromatic carbocycles. The van der Waals surface area contributed by atoms with Crippen LogP contribution in [0, 0.1) is 0 Å². The number of hydrogen-bond acceptors (Lipinski definition) is 6. The second-order valence-corrected chi connectivity index (χ2v) is 8.84. The van der Waals surface area contributed by atoms with Crippen molar-refractivity contribution in [2.45, 2.75) is 0 Å². The second kappa shape index (κ2) is 7.99. The predicted molar refractivity (Wildman–Crippen MR) is 112 cm³/mol. The van der Waals surface area contributed by atoms with Gasteiger partial charge in [0, 0.05) is 18.0 Å². The fourth-order valence-corrected chi connectivity index (χ4v) is 3.71. The van der Waals surface area contributed by atoms with Crippen LogP contribution in [0.2, 0.25) is 0 Å². The molecule has 0 radical (unpaired) electrons. The molecule has 28 heavy (non-hydrogen) atoms. The number of sulfonamides is 1. The maximum absolute atomic E-state index is 12.5. The van der Waals surface area contributed by atoms with Crippen molar-refractivity contribution in [3.63, 3.8) is 0 Å². The molecular weight excluding hydrogens is 398 g/mol. The van der Waals surface area contributed by atoms with Crippen molar-refractivity contribution < 1.29 is 17.9 Å². The number of amides is 1. The van der Waals surface area contributed by atoms with Crippen molar-refractivity contribution in [2.24, 2.45) is 0 Å². The summed E-state index contributed by atoms with van der Waals surface area (Å²) >= 11 is 1.31. The van der Waals surface area contributed by atoms with Crippen LogP contribution in [0.4, 0.5) is 10.8 Å². The first-order valence-electron chi connectivity index (χ1n) is 8.24. The Morgan fingerprint density at radius 1 is 1.14 bits per heavy atom. The van der Waals surface area contributed by atoms with Gasteiger partial charge in [-0.05, 0) is 24.3 Å². The highest BCUT2D eigenvalue weighted by Gasteiger charge is 2.15. The third kappa shape index (κ3) is 4.32. The molecule has 1 amide bonds. The summed E-state index contributed by atoms with van der Waals surface area (Å²) in [4.78, 5) is 16.9. The number of hydrogen-bond donors (Lipinski definition) is 1. The number of rotatable bonds is 6. The number of carbonyl (C=O) groups excluding carboxylic acids is 1. The Hall–Kier alpha value is -2.91. The van der Waals surface area contributed by atoms with E-state index in [2.05, 4.69) is 10.3 Å². The Balaban J connectivity index is 1.76. The molecule has 0 fully saturated rings. The van der Waals surface area contributed by atoms with Crippen LogP contribution in [0.25, 0.3) is 11.3 Å². The number of nitrogens with zero attached hydrogens (tertiary/aromatic N) is 2. The Labute approximate surface area is 167 Å². The highest BCUT2D eigenvalue weighted by atomic mass is 32.2.